The highest BCUT2D eigenvalue weighted by Crippen LogP contribution is 2.20. The number of thiazole rings is 1. The number of furan rings is 1. The van der Waals surface area contributed by atoms with Gasteiger partial charge in [0.15, 0.2) is 11.7 Å². The van der Waals surface area contributed by atoms with Crippen LogP contribution in [0.15, 0.2) is 43.7 Å². The summed E-state index contributed by atoms with van der Waals surface area (Å²) >= 11 is 3.46. The van der Waals surface area contributed by atoms with E-state index >= 15 is 0 Å². The highest BCUT2D eigenvalue weighted by atomic mass is 127. The molecule has 3 heterocycles. The van der Waals surface area contributed by atoms with Crippen LogP contribution in [0.3, 0.4) is 0 Å². The van der Waals surface area contributed by atoms with Gasteiger partial charge in [0, 0.05) is 56.6 Å². The molecule has 2 aromatic rings. The second-order valence-electron chi connectivity index (χ2n) is 5.99. The topological polar surface area (TPSA) is 74.0 Å². The minimum Gasteiger partial charge on any atom is -0.459 e. The van der Waals surface area contributed by atoms with Crippen molar-refractivity contribution in [2.24, 2.45) is 4.99 Å². The van der Waals surface area contributed by atoms with Crippen molar-refractivity contribution in [2.45, 2.75) is 17.7 Å². The molecule has 2 aromatic heterocycles. The first-order valence-corrected chi connectivity index (χ1v) is 11.0. The van der Waals surface area contributed by atoms with E-state index in [-0.39, 0.29) is 29.9 Å². The number of halogens is 1. The predicted molar refractivity (Wildman–Crippen MR) is 125 cm³/mol. The summed E-state index contributed by atoms with van der Waals surface area (Å²) in [5.41, 5.74) is 0. The Kier molecular flexibility index (Phi) is 10.1. The van der Waals surface area contributed by atoms with Gasteiger partial charge in [0.25, 0.3) is 5.91 Å². The Morgan fingerprint density at radius 2 is 2.14 bits per heavy atom. The number of nitrogens with zero attached hydrogens (tertiary/aromatic N) is 4. The number of hydrogen-bond donors (Lipinski definition) is 1. The number of aromatic nitrogens is 1. The van der Waals surface area contributed by atoms with Crippen molar-refractivity contribution in [3.63, 3.8) is 0 Å². The molecule has 7 nitrogen and oxygen atoms in total. The fraction of sp³-hybridized carbons (Fsp3) is 0.500. The summed E-state index contributed by atoms with van der Waals surface area (Å²) in [7, 11) is 0. The first kappa shape index (κ1) is 23.0. The van der Waals surface area contributed by atoms with Gasteiger partial charge in [-0.3, -0.25) is 9.79 Å². The molecule has 1 N–H and O–H groups in total. The standard InChI is InChI=1S/C18H25N5O2S2.HI/c1-2-19-17(20-6-4-13-26-18-21-7-14-27-18)23-10-8-22(9-11-23)16(24)15-5-3-12-25-15;/h3,5,7,12,14H,2,4,6,8-11,13H2,1H3,(H,19,20);1H. The number of carbonyl (C=O) groups is 1. The molecule has 28 heavy (non-hydrogen) atoms. The van der Waals surface area contributed by atoms with Crippen molar-refractivity contribution in [3.8, 4) is 0 Å². The molecule has 1 saturated heterocycles. The molecular formula is C18H26IN5O2S2. The minimum atomic E-state index is -0.0409. The summed E-state index contributed by atoms with van der Waals surface area (Å²) in [6.45, 7) is 6.57. The number of carbonyl (C=O) groups excluding carboxylic acids is 1. The maximum absolute atomic E-state index is 12.4. The largest absolute Gasteiger partial charge is 0.459 e. The van der Waals surface area contributed by atoms with E-state index in [0.717, 1.165) is 48.7 Å². The second kappa shape index (κ2) is 12.3. The van der Waals surface area contributed by atoms with Crippen LogP contribution in [-0.2, 0) is 0 Å². The molecule has 1 fully saturated rings. The maximum atomic E-state index is 12.4. The Bertz CT molecular complexity index is 716. The molecule has 0 spiro atoms. The van der Waals surface area contributed by atoms with Crippen LogP contribution in [0, 0.1) is 0 Å². The minimum absolute atomic E-state index is 0. The normalized spacial score (nSPS) is 14.7. The lowest BCUT2D eigenvalue weighted by molar-refractivity contribution is 0.0657. The lowest BCUT2D eigenvalue weighted by Crippen LogP contribution is -2.53. The molecule has 0 unspecified atom stereocenters. The molecule has 3 rings (SSSR count). The smallest absolute Gasteiger partial charge is 0.289 e. The molecule has 0 aliphatic carbocycles. The third-order valence-corrected chi connectivity index (χ3v) is 6.18. The molecular weight excluding hydrogens is 509 g/mol. The SMILES string of the molecule is CCNC(=NCCCSc1nccs1)N1CCN(C(=O)c2ccco2)CC1.I. The van der Waals surface area contributed by atoms with Gasteiger partial charge in [-0.15, -0.1) is 35.3 Å². The van der Waals surface area contributed by atoms with Crippen LogP contribution in [0.2, 0.25) is 0 Å². The van der Waals surface area contributed by atoms with E-state index < -0.39 is 0 Å². The highest BCUT2D eigenvalue weighted by molar-refractivity contribution is 14.0. The number of thioether (sulfide) groups is 1. The lowest BCUT2D eigenvalue weighted by atomic mass is 10.3. The molecule has 0 radical (unpaired) electrons. The van der Waals surface area contributed by atoms with Crippen LogP contribution < -0.4 is 5.32 Å². The molecule has 10 heteroatoms. The van der Waals surface area contributed by atoms with Crippen molar-refractivity contribution in [1.29, 1.82) is 0 Å². The van der Waals surface area contributed by atoms with E-state index in [1.807, 2.05) is 16.5 Å². The fourth-order valence-corrected chi connectivity index (χ4v) is 4.43. The first-order valence-electron chi connectivity index (χ1n) is 9.16. The summed E-state index contributed by atoms with van der Waals surface area (Å²) < 4.78 is 6.33. The summed E-state index contributed by atoms with van der Waals surface area (Å²) in [5.74, 6) is 2.31. The number of guanidine groups is 1. The van der Waals surface area contributed by atoms with Gasteiger partial charge in [-0.2, -0.15) is 0 Å². The molecule has 154 valence electrons. The summed E-state index contributed by atoms with van der Waals surface area (Å²) in [6.07, 6.45) is 4.38. The number of piperazine rings is 1. The summed E-state index contributed by atoms with van der Waals surface area (Å²) in [5, 5.41) is 5.37. The molecule has 0 atom stereocenters. The van der Waals surface area contributed by atoms with Gasteiger partial charge in [0.1, 0.15) is 4.34 Å². The van der Waals surface area contributed by atoms with Crippen molar-refractivity contribution >= 4 is 58.9 Å². The van der Waals surface area contributed by atoms with Crippen molar-refractivity contribution in [2.75, 3.05) is 45.0 Å². The Hall–Kier alpha value is -1.27. The van der Waals surface area contributed by atoms with Gasteiger partial charge in [0.05, 0.1) is 6.26 Å². The summed E-state index contributed by atoms with van der Waals surface area (Å²) in [6, 6.07) is 3.45. The zero-order chi connectivity index (χ0) is 18.9. The zero-order valence-corrected chi connectivity index (χ0v) is 19.8. The molecule has 1 amide bonds. The van der Waals surface area contributed by atoms with Crippen molar-refractivity contribution in [1.82, 2.24) is 20.1 Å². The number of rotatable bonds is 7. The van der Waals surface area contributed by atoms with Gasteiger partial charge in [-0.05, 0) is 25.5 Å². The Morgan fingerprint density at radius 3 is 2.79 bits per heavy atom. The third-order valence-electron chi connectivity index (χ3n) is 4.13. The van der Waals surface area contributed by atoms with Crippen LogP contribution in [0.25, 0.3) is 0 Å². The van der Waals surface area contributed by atoms with E-state index in [1.165, 1.54) is 6.26 Å². The van der Waals surface area contributed by atoms with Crippen LogP contribution >= 0.6 is 47.1 Å². The Labute approximate surface area is 191 Å². The Morgan fingerprint density at radius 1 is 1.36 bits per heavy atom. The number of nitrogens with one attached hydrogen (secondary N) is 1. The average Bonchev–Trinajstić information content (AvgIpc) is 3.40. The highest BCUT2D eigenvalue weighted by Gasteiger charge is 2.25. The van der Waals surface area contributed by atoms with Gasteiger partial charge in [0.2, 0.25) is 0 Å². The number of aliphatic imine (C=N–C) groups is 1. The molecule has 0 aromatic carbocycles. The average molecular weight is 535 g/mol. The van der Waals surface area contributed by atoms with Crippen LogP contribution in [0.4, 0.5) is 0 Å². The van der Waals surface area contributed by atoms with Gasteiger partial charge < -0.3 is 19.5 Å². The van der Waals surface area contributed by atoms with E-state index in [9.17, 15) is 4.79 Å². The van der Waals surface area contributed by atoms with E-state index in [1.54, 1.807) is 35.2 Å². The van der Waals surface area contributed by atoms with Gasteiger partial charge >= 0.3 is 0 Å². The number of amides is 1. The molecule has 1 aliphatic rings. The zero-order valence-electron chi connectivity index (χ0n) is 15.9. The quantitative estimate of drug-likeness (QED) is 0.193. The van der Waals surface area contributed by atoms with Crippen molar-refractivity contribution in [3.05, 3.63) is 35.7 Å². The Balaban J connectivity index is 0.00000280. The van der Waals surface area contributed by atoms with Crippen LogP contribution in [0.5, 0.6) is 0 Å². The third kappa shape index (κ3) is 6.66. The first-order chi connectivity index (χ1) is 13.3. The van der Waals surface area contributed by atoms with Crippen LogP contribution in [0.1, 0.15) is 23.9 Å². The fourth-order valence-electron chi connectivity index (χ4n) is 2.79. The van der Waals surface area contributed by atoms with E-state index in [4.69, 9.17) is 9.41 Å². The van der Waals surface area contributed by atoms with Crippen LogP contribution in [-0.4, -0.2) is 71.7 Å². The predicted octanol–water partition coefficient (Wildman–Crippen LogP) is 3.26. The van der Waals surface area contributed by atoms with Gasteiger partial charge in [-0.1, -0.05) is 11.8 Å². The molecule has 0 bridgehead atoms. The molecule has 0 saturated carbocycles. The van der Waals surface area contributed by atoms with Gasteiger partial charge in [-0.25, -0.2) is 4.98 Å². The molecule has 1 aliphatic heterocycles. The number of hydrogen-bond acceptors (Lipinski definition) is 6. The second-order valence-corrected chi connectivity index (χ2v) is 8.23. The van der Waals surface area contributed by atoms with Crippen molar-refractivity contribution < 1.29 is 9.21 Å². The lowest BCUT2D eigenvalue weighted by Gasteiger charge is -2.36. The monoisotopic (exact) mass is 535 g/mol. The maximum Gasteiger partial charge on any atom is 0.289 e. The van der Waals surface area contributed by atoms with E-state index in [0.29, 0.717) is 18.8 Å². The van der Waals surface area contributed by atoms with E-state index in [2.05, 4.69) is 22.1 Å². The summed E-state index contributed by atoms with van der Waals surface area (Å²) in [4.78, 5) is 25.5.